The maximum atomic E-state index is 4.60. The van der Waals surface area contributed by atoms with E-state index in [0.29, 0.717) is 6.54 Å². The van der Waals surface area contributed by atoms with Crippen LogP contribution in [0.15, 0.2) is 41.4 Å². The predicted molar refractivity (Wildman–Crippen MR) is 86.3 cm³/mol. The van der Waals surface area contributed by atoms with Crippen LogP contribution < -0.4 is 15.5 Å². The molecule has 0 unspecified atom stereocenters. The first-order valence-corrected chi connectivity index (χ1v) is 7.34. The molecule has 0 amide bonds. The summed E-state index contributed by atoms with van der Waals surface area (Å²) in [7, 11) is 0. The number of anilines is 1. The first-order chi connectivity index (χ1) is 9.83. The Bertz CT molecular complexity index is 463. The van der Waals surface area contributed by atoms with E-state index in [9.17, 15) is 0 Å². The molecule has 4 heteroatoms. The SMILES string of the molecule is CCNC(=NCc1cccc(N2CC=CC2)c1)NCC. The van der Waals surface area contributed by atoms with Gasteiger partial charge < -0.3 is 15.5 Å². The fourth-order valence-corrected chi connectivity index (χ4v) is 2.22. The van der Waals surface area contributed by atoms with Crippen LogP contribution >= 0.6 is 0 Å². The van der Waals surface area contributed by atoms with Gasteiger partial charge in [0, 0.05) is 31.9 Å². The van der Waals surface area contributed by atoms with Crippen LogP contribution in [0.3, 0.4) is 0 Å². The molecule has 4 nitrogen and oxygen atoms in total. The zero-order valence-electron chi connectivity index (χ0n) is 12.4. The van der Waals surface area contributed by atoms with Gasteiger partial charge in [-0.05, 0) is 31.5 Å². The number of hydrogen-bond acceptors (Lipinski definition) is 2. The maximum Gasteiger partial charge on any atom is 0.191 e. The molecule has 108 valence electrons. The van der Waals surface area contributed by atoms with E-state index in [1.165, 1.54) is 11.3 Å². The monoisotopic (exact) mass is 272 g/mol. The molecule has 0 fully saturated rings. The number of hydrogen-bond donors (Lipinski definition) is 2. The molecule has 0 bridgehead atoms. The van der Waals surface area contributed by atoms with E-state index in [-0.39, 0.29) is 0 Å². The van der Waals surface area contributed by atoms with E-state index in [1.54, 1.807) is 0 Å². The molecule has 0 saturated heterocycles. The minimum absolute atomic E-state index is 0.699. The molecule has 2 rings (SSSR count). The molecule has 20 heavy (non-hydrogen) atoms. The summed E-state index contributed by atoms with van der Waals surface area (Å²) in [4.78, 5) is 6.95. The van der Waals surface area contributed by atoms with Gasteiger partial charge in [-0.2, -0.15) is 0 Å². The van der Waals surface area contributed by atoms with Gasteiger partial charge in [0.2, 0.25) is 0 Å². The van der Waals surface area contributed by atoms with Gasteiger partial charge in [-0.3, -0.25) is 0 Å². The molecule has 1 heterocycles. The largest absolute Gasteiger partial charge is 0.364 e. The zero-order valence-corrected chi connectivity index (χ0v) is 12.4. The van der Waals surface area contributed by atoms with Crippen molar-refractivity contribution in [2.45, 2.75) is 20.4 Å². The zero-order chi connectivity index (χ0) is 14.2. The lowest BCUT2D eigenvalue weighted by Crippen LogP contribution is -2.36. The van der Waals surface area contributed by atoms with Crippen LogP contribution in [0.4, 0.5) is 5.69 Å². The van der Waals surface area contributed by atoms with Crippen molar-refractivity contribution in [3.8, 4) is 0 Å². The molecule has 2 N–H and O–H groups in total. The third-order valence-corrected chi connectivity index (χ3v) is 3.20. The molecule has 0 radical (unpaired) electrons. The molecule has 1 aliphatic heterocycles. The molecule has 1 aromatic carbocycles. The Hall–Kier alpha value is -1.97. The topological polar surface area (TPSA) is 39.7 Å². The highest BCUT2D eigenvalue weighted by Gasteiger charge is 2.07. The lowest BCUT2D eigenvalue weighted by Gasteiger charge is -2.18. The minimum atomic E-state index is 0.699. The summed E-state index contributed by atoms with van der Waals surface area (Å²) in [5, 5.41) is 6.48. The second kappa shape index (κ2) is 7.58. The fraction of sp³-hybridized carbons (Fsp3) is 0.438. The summed E-state index contributed by atoms with van der Waals surface area (Å²) < 4.78 is 0. The molecule has 0 aromatic heterocycles. The Balaban J connectivity index is 2.01. The highest BCUT2D eigenvalue weighted by atomic mass is 15.2. The van der Waals surface area contributed by atoms with Crippen LogP contribution in [0.25, 0.3) is 0 Å². The van der Waals surface area contributed by atoms with E-state index in [1.807, 2.05) is 0 Å². The molecule has 0 spiro atoms. The second-order valence-corrected chi connectivity index (χ2v) is 4.77. The third kappa shape index (κ3) is 4.02. The Morgan fingerprint density at radius 2 is 1.85 bits per heavy atom. The average molecular weight is 272 g/mol. The Labute approximate surface area is 121 Å². The summed E-state index contributed by atoms with van der Waals surface area (Å²) in [6.45, 7) is 8.63. The van der Waals surface area contributed by atoms with Crippen LogP contribution in [0.5, 0.6) is 0 Å². The van der Waals surface area contributed by atoms with Crippen molar-refractivity contribution >= 4 is 11.6 Å². The highest BCUT2D eigenvalue weighted by molar-refractivity contribution is 5.79. The minimum Gasteiger partial charge on any atom is -0.364 e. The molecular formula is C16H24N4. The lowest BCUT2D eigenvalue weighted by atomic mass is 10.2. The standard InChI is InChI=1S/C16H24N4/c1-3-17-16(18-4-2)19-13-14-8-7-9-15(12-14)20-10-5-6-11-20/h5-9,12H,3-4,10-11,13H2,1-2H3,(H2,17,18,19). The summed E-state index contributed by atoms with van der Waals surface area (Å²) in [5.74, 6) is 0.878. The van der Waals surface area contributed by atoms with Gasteiger partial charge in [0.05, 0.1) is 6.54 Å². The van der Waals surface area contributed by atoms with Gasteiger partial charge in [-0.25, -0.2) is 4.99 Å². The predicted octanol–water partition coefficient (Wildman–Crippen LogP) is 2.14. The summed E-state index contributed by atoms with van der Waals surface area (Å²) in [5.41, 5.74) is 2.51. The van der Waals surface area contributed by atoms with Crippen LogP contribution in [0.2, 0.25) is 0 Å². The van der Waals surface area contributed by atoms with E-state index in [2.05, 4.69) is 70.8 Å². The van der Waals surface area contributed by atoms with Crippen LogP contribution in [0, 0.1) is 0 Å². The normalized spacial score (nSPS) is 13.4. The number of benzene rings is 1. The maximum absolute atomic E-state index is 4.60. The number of rotatable bonds is 5. The van der Waals surface area contributed by atoms with Gasteiger partial charge in [0.1, 0.15) is 0 Å². The number of nitrogens with one attached hydrogen (secondary N) is 2. The van der Waals surface area contributed by atoms with Crippen molar-refractivity contribution in [3.63, 3.8) is 0 Å². The molecule has 1 aromatic rings. The van der Waals surface area contributed by atoms with Crippen LogP contribution in [-0.2, 0) is 6.54 Å². The van der Waals surface area contributed by atoms with Gasteiger partial charge in [0.15, 0.2) is 5.96 Å². The number of nitrogens with zero attached hydrogens (tertiary/aromatic N) is 2. The smallest absolute Gasteiger partial charge is 0.191 e. The van der Waals surface area contributed by atoms with E-state index in [0.717, 1.165) is 32.1 Å². The van der Waals surface area contributed by atoms with E-state index >= 15 is 0 Å². The van der Waals surface area contributed by atoms with Gasteiger partial charge >= 0.3 is 0 Å². The highest BCUT2D eigenvalue weighted by Crippen LogP contribution is 2.18. The molecule has 0 aliphatic carbocycles. The second-order valence-electron chi connectivity index (χ2n) is 4.77. The van der Waals surface area contributed by atoms with Crippen molar-refractivity contribution in [2.75, 3.05) is 31.1 Å². The number of aliphatic imine (C=N–C) groups is 1. The average Bonchev–Trinajstić information content (AvgIpc) is 3.00. The molecule has 0 atom stereocenters. The first-order valence-electron chi connectivity index (χ1n) is 7.34. The summed E-state index contributed by atoms with van der Waals surface area (Å²) in [6.07, 6.45) is 4.42. The lowest BCUT2D eigenvalue weighted by molar-refractivity contribution is 0.839. The summed E-state index contributed by atoms with van der Waals surface area (Å²) in [6, 6.07) is 8.63. The Morgan fingerprint density at radius 3 is 2.50 bits per heavy atom. The fourth-order valence-electron chi connectivity index (χ4n) is 2.22. The quantitative estimate of drug-likeness (QED) is 0.490. The summed E-state index contributed by atoms with van der Waals surface area (Å²) >= 11 is 0. The number of guanidine groups is 1. The van der Waals surface area contributed by atoms with Gasteiger partial charge in [-0.1, -0.05) is 24.3 Å². The Kier molecular flexibility index (Phi) is 5.47. The van der Waals surface area contributed by atoms with Gasteiger partial charge in [0.25, 0.3) is 0 Å². The third-order valence-electron chi connectivity index (χ3n) is 3.20. The van der Waals surface area contributed by atoms with Crippen LogP contribution in [-0.4, -0.2) is 32.1 Å². The van der Waals surface area contributed by atoms with Crippen molar-refractivity contribution in [1.29, 1.82) is 0 Å². The Morgan fingerprint density at radius 1 is 1.15 bits per heavy atom. The molecular weight excluding hydrogens is 248 g/mol. The van der Waals surface area contributed by atoms with Crippen molar-refractivity contribution in [1.82, 2.24) is 10.6 Å². The van der Waals surface area contributed by atoms with Crippen molar-refractivity contribution in [2.24, 2.45) is 4.99 Å². The van der Waals surface area contributed by atoms with E-state index < -0.39 is 0 Å². The van der Waals surface area contributed by atoms with E-state index in [4.69, 9.17) is 0 Å². The van der Waals surface area contributed by atoms with Crippen LogP contribution in [0.1, 0.15) is 19.4 Å². The first kappa shape index (κ1) is 14.4. The molecule has 1 aliphatic rings. The van der Waals surface area contributed by atoms with Crippen molar-refractivity contribution in [3.05, 3.63) is 42.0 Å². The molecule has 0 saturated carbocycles. The van der Waals surface area contributed by atoms with Gasteiger partial charge in [-0.15, -0.1) is 0 Å². The van der Waals surface area contributed by atoms with Crippen molar-refractivity contribution < 1.29 is 0 Å².